The van der Waals surface area contributed by atoms with Gasteiger partial charge in [0.05, 0.1) is 21.1 Å². The Hall–Kier alpha value is -2.66. The Morgan fingerprint density at radius 2 is 1.97 bits per heavy atom. The fourth-order valence-electron chi connectivity index (χ4n) is 4.25. The molecule has 0 aliphatic carbocycles. The molecule has 4 rings (SSSR count). The molecule has 1 aliphatic rings. The Bertz CT molecular complexity index is 1340. The summed E-state index contributed by atoms with van der Waals surface area (Å²) in [5, 5.41) is 5.22. The summed E-state index contributed by atoms with van der Waals surface area (Å²) >= 11 is 7.74. The molecular weight excluding hydrogens is 532 g/mol. The predicted octanol–water partition coefficient (Wildman–Crippen LogP) is 6.00. The number of hydrogen-bond donors (Lipinski definition) is 1. The molecule has 0 bridgehead atoms. The number of rotatable bonds is 7. The summed E-state index contributed by atoms with van der Waals surface area (Å²) in [5.74, 6) is -0.0328. The molecule has 1 amide bonds. The molecule has 0 saturated carbocycles. The highest BCUT2D eigenvalue weighted by molar-refractivity contribution is 7.93. The maximum absolute atomic E-state index is 13.5. The van der Waals surface area contributed by atoms with Crippen LogP contribution in [0.15, 0.2) is 64.3 Å². The van der Waals surface area contributed by atoms with E-state index in [-0.39, 0.29) is 21.3 Å². The molecule has 2 aromatic carbocycles. The minimum Gasteiger partial charge on any atom is -0.443 e. The number of thiazole rings is 1. The molecule has 37 heavy (non-hydrogen) atoms. The van der Waals surface area contributed by atoms with Crippen molar-refractivity contribution in [1.29, 1.82) is 0 Å². The third kappa shape index (κ3) is 6.62. The maximum atomic E-state index is 13.5. The molecule has 0 radical (unpaired) electrons. The zero-order valence-corrected chi connectivity index (χ0v) is 23.7. The van der Waals surface area contributed by atoms with Gasteiger partial charge in [-0.2, -0.15) is 0 Å². The fourth-order valence-corrected chi connectivity index (χ4v) is 6.42. The first kappa shape index (κ1) is 27.4. The minimum absolute atomic E-state index is 0.0328. The molecule has 198 valence electrons. The number of anilines is 2. The van der Waals surface area contributed by atoms with Crippen LogP contribution in [0.5, 0.6) is 0 Å². The van der Waals surface area contributed by atoms with Crippen LogP contribution in [0.3, 0.4) is 0 Å². The molecule has 1 aromatic heterocycles. The number of amides is 1. The lowest BCUT2D eigenvalue weighted by atomic mass is 10.0. The van der Waals surface area contributed by atoms with Crippen LogP contribution < -0.4 is 9.62 Å². The molecule has 1 fully saturated rings. The van der Waals surface area contributed by atoms with Gasteiger partial charge in [0.2, 0.25) is 0 Å². The molecule has 0 unspecified atom stereocenters. The number of nitrogens with one attached hydrogen (secondary N) is 1. The van der Waals surface area contributed by atoms with Crippen molar-refractivity contribution in [1.82, 2.24) is 9.88 Å². The van der Waals surface area contributed by atoms with Crippen molar-refractivity contribution < 1.29 is 17.9 Å². The minimum atomic E-state index is -4.34. The third-order valence-corrected chi connectivity index (χ3v) is 8.46. The molecule has 2 heterocycles. The number of halogens is 1. The Morgan fingerprint density at radius 3 is 2.59 bits per heavy atom. The van der Waals surface area contributed by atoms with Crippen LogP contribution in [0.1, 0.15) is 39.7 Å². The summed E-state index contributed by atoms with van der Waals surface area (Å²) in [6.45, 7) is 9.73. The zero-order chi connectivity index (χ0) is 26.8. The van der Waals surface area contributed by atoms with Gasteiger partial charge in [-0.05, 0) is 57.9 Å². The lowest BCUT2D eigenvalue weighted by Crippen LogP contribution is -2.41. The van der Waals surface area contributed by atoms with Crippen molar-refractivity contribution in [3.05, 3.63) is 70.0 Å². The van der Waals surface area contributed by atoms with Gasteiger partial charge in [-0.25, -0.2) is 18.2 Å². The first-order chi connectivity index (χ1) is 17.4. The van der Waals surface area contributed by atoms with Crippen LogP contribution >= 0.6 is 22.9 Å². The van der Waals surface area contributed by atoms with Crippen molar-refractivity contribution in [2.45, 2.75) is 56.7 Å². The van der Waals surface area contributed by atoms with E-state index in [1.807, 2.05) is 18.2 Å². The normalized spacial score (nSPS) is 18.5. The summed E-state index contributed by atoms with van der Waals surface area (Å²) in [5.41, 5.74) is 2.21. The average molecular weight is 563 g/mol. The molecule has 8 nitrogen and oxygen atoms in total. The molecular formula is C26H31ClN4O4S2. The number of carbonyl (C=O) groups excluding carboxylic acids is 1. The molecule has 1 atom stereocenters. The molecule has 0 spiro atoms. The standard InChI is InChI=1S/C26H31ClN4O4S2/c1-25(2,3)35-24(32)31(23-16-36-18-28-23)37(33,34)20-10-11-22(21(27)14-20)29-26(4)12-13-30(17-26)15-19-8-6-5-7-9-19/h5-11,14,16,18,29H,12-13,15,17H2,1-4H3/t26-/m0/s1. The van der Waals surface area contributed by atoms with Crippen LogP contribution in [0, 0.1) is 0 Å². The van der Waals surface area contributed by atoms with E-state index in [2.05, 4.69) is 34.3 Å². The van der Waals surface area contributed by atoms with E-state index in [1.54, 1.807) is 26.8 Å². The van der Waals surface area contributed by atoms with Crippen molar-refractivity contribution in [2.75, 3.05) is 22.7 Å². The van der Waals surface area contributed by atoms with Crippen LogP contribution in [-0.2, 0) is 21.3 Å². The molecule has 11 heteroatoms. The molecule has 1 saturated heterocycles. The number of hydrogen-bond acceptors (Lipinski definition) is 8. The van der Waals surface area contributed by atoms with E-state index in [4.69, 9.17) is 16.3 Å². The van der Waals surface area contributed by atoms with Gasteiger partial charge in [-0.1, -0.05) is 41.9 Å². The van der Waals surface area contributed by atoms with E-state index < -0.39 is 21.7 Å². The predicted molar refractivity (Wildman–Crippen MR) is 148 cm³/mol. The van der Waals surface area contributed by atoms with Crippen molar-refractivity contribution in [3.8, 4) is 0 Å². The number of sulfonamides is 1. The SMILES string of the molecule is CC(C)(C)OC(=O)N(c1cscn1)S(=O)(=O)c1ccc(N[C@@]2(C)CCN(Cc3ccccc3)C2)c(Cl)c1. The first-order valence-electron chi connectivity index (χ1n) is 11.9. The molecule has 1 aliphatic heterocycles. The van der Waals surface area contributed by atoms with E-state index >= 15 is 0 Å². The topological polar surface area (TPSA) is 91.8 Å². The van der Waals surface area contributed by atoms with Crippen LogP contribution in [0.4, 0.5) is 16.3 Å². The van der Waals surface area contributed by atoms with Gasteiger partial charge < -0.3 is 10.1 Å². The number of aromatic nitrogens is 1. The Morgan fingerprint density at radius 1 is 1.24 bits per heavy atom. The zero-order valence-electron chi connectivity index (χ0n) is 21.3. The maximum Gasteiger partial charge on any atom is 0.430 e. The van der Waals surface area contributed by atoms with Gasteiger partial charge in [0, 0.05) is 30.6 Å². The summed E-state index contributed by atoms with van der Waals surface area (Å²) in [6.07, 6.45) is -0.124. The summed E-state index contributed by atoms with van der Waals surface area (Å²) in [4.78, 5) is 19.2. The van der Waals surface area contributed by atoms with Crippen LogP contribution in [0.25, 0.3) is 0 Å². The largest absolute Gasteiger partial charge is 0.443 e. The molecule has 3 aromatic rings. The molecule has 1 N–H and O–H groups in total. The lowest BCUT2D eigenvalue weighted by Gasteiger charge is -2.29. The first-order valence-corrected chi connectivity index (χ1v) is 14.6. The van der Waals surface area contributed by atoms with E-state index in [0.717, 1.165) is 26.1 Å². The third-order valence-electron chi connectivity index (χ3n) is 5.90. The van der Waals surface area contributed by atoms with Crippen molar-refractivity contribution >= 4 is 50.6 Å². The Labute approximate surface area is 227 Å². The fraction of sp³-hybridized carbons (Fsp3) is 0.385. The number of ether oxygens (including phenoxy) is 1. The highest BCUT2D eigenvalue weighted by Gasteiger charge is 2.37. The van der Waals surface area contributed by atoms with E-state index in [1.165, 1.54) is 39.9 Å². The summed E-state index contributed by atoms with van der Waals surface area (Å²) in [7, 11) is -4.34. The van der Waals surface area contributed by atoms with Gasteiger partial charge in [0.1, 0.15) is 5.60 Å². The van der Waals surface area contributed by atoms with E-state index in [0.29, 0.717) is 9.99 Å². The highest BCUT2D eigenvalue weighted by atomic mass is 35.5. The van der Waals surface area contributed by atoms with Gasteiger partial charge in [-0.15, -0.1) is 15.6 Å². The monoisotopic (exact) mass is 562 g/mol. The van der Waals surface area contributed by atoms with Gasteiger partial charge in [0.25, 0.3) is 10.0 Å². The second-order valence-corrected chi connectivity index (χ2v) is 13.3. The van der Waals surface area contributed by atoms with Crippen molar-refractivity contribution in [2.24, 2.45) is 0 Å². The van der Waals surface area contributed by atoms with E-state index in [9.17, 15) is 13.2 Å². The Kier molecular flexibility index (Phi) is 7.85. The second-order valence-electron chi connectivity index (χ2n) is 10.4. The van der Waals surface area contributed by atoms with Gasteiger partial charge in [-0.3, -0.25) is 4.90 Å². The smallest absolute Gasteiger partial charge is 0.430 e. The average Bonchev–Trinajstić information content (AvgIpc) is 3.45. The van der Waals surface area contributed by atoms with Crippen LogP contribution in [0.2, 0.25) is 5.02 Å². The lowest BCUT2D eigenvalue weighted by molar-refractivity contribution is 0.0608. The highest BCUT2D eigenvalue weighted by Crippen LogP contribution is 2.34. The summed E-state index contributed by atoms with van der Waals surface area (Å²) in [6, 6.07) is 14.7. The number of nitrogens with zero attached hydrogens (tertiary/aromatic N) is 3. The number of benzene rings is 2. The quantitative estimate of drug-likeness (QED) is 0.377. The summed E-state index contributed by atoms with van der Waals surface area (Å²) < 4.78 is 33.0. The Balaban J connectivity index is 1.53. The van der Waals surface area contributed by atoms with Crippen molar-refractivity contribution in [3.63, 3.8) is 0 Å². The number of carbonyl (C=O) groups is 1. The number of likely N-dealkylation sites (tertiary alicyclic amines) is 1. The van der Waals surface area contributed by atoms with Gasteiger partial charge >= 0.3 is 6.09 Å². The van der Waals surface area contributed by atoms with Gasteiger partial charge in [0.15, 0.2) is 5.82 Å². The second kappa shape index (κ2) is 10.6. The van der Waals surface area contributed by atoms with Crippen LogP contribution in [-0.4, -0.2) is 48.6 Å².